The SMILES string of the molecule is Cc1cc(C2=C[C@H]3C[C@@H]2N(C(=O)CN2C(=O)Nc4ccc(F)cc4S2(=O)=O)C3)ccn1. The number of aromatic nitrogens is 1. The van der Waals surface area contributed by atoms with E-state index in [2.05, 4.69) is 16.4 Å². The maximum Gasteiger partial charge on any atom is 0.336 e. The van der Waals surface area contributed by atoms with E-state index in [1.807, 2.05) is 19.1 Å². The molecule has 160 valence electrons. The number of rotatable bonds is 3. The Morgan fingerprint density at radius 3 is 2.84 bits per heavy atom. The van der Waals surface area contributed by atoms with Gasteiger partial charge in [0.05, 0.1) is 11.7 Å². The highest BCUT2D eigenvalue weighted by molar-refractivity contribution is 7.90. The molecule has 1 aromatic heterocycles. The maximum atomic E-state index is 13.6. The highest BCUT2D eigenvalue weighted by atomic mass is 32.2. The van der Waals surface area contributed by atoms with Crippen LogP contribution in [0.3, 0.4) is 0 Å². The summed E-state index contributed by atoms with van der Waals surface area (Å²) >= 11 is 0. The van der Waals surface area contributed by atoms with Crippen LogP contribution in [0, 0.1) is 18.7 Å². The normalized spacial score (nSPS) is 23.4. The van der Waals surface area contributed by atoms with Crippen LogP contribution in [0.25, 0.3) is 5.57 Å². The van der Waals surface area contributed by atoms with Crippen LogP contribution >= 0.6 is 0 Å². The second-order valence-electron chi connectivity index (χ2n) is 7.95. The molecule has 10 heteroatoms. The van der Waals surface area contributed by atoms with E-state index in [9.17, 15) is 22.4 Å². The molecule has 2 atom stereocenters. The van der Waals surface area contributed by atoms with E-state index >= 15 is 0 Å². The number of halogens is 1. The number of amides is 3. The third-order valence-electron chi connectivity index (χ3n) is 5.92. The number of carbonyl (C=O) groups is 2. The van der Waals surface area contributed by atoms with Crippen LogP contribution in [-0.4, -0.2) is 53.7 Å². The lowest BCUT2D eigenvalue weighted by molar-refractivity contribution is -0.131. The fraction of sp³-hybridized carbons (Fsp3) is 0.286. The summed E-state index contributed by atoms with van der Waals surface area (Å²) in [5.74, 6) is -1.04. The zero-order valence-corrected chi connectivity index (χ0v) is 17.4. The average Bonchev–Trinajstić information content (AvgIpc) is 3.33. The lowest BCUT2D eigenvalue weighted by Crippen LogP contribution is -2.50. The van der Waals surface area contributed by atoms with Crippen LogP contribution < -0.4 is 5.32 Å². The standard InChI is InChI=1S/C21H19FN4O4S/c1-12-6-14(4-5-23-12)16-7-13-8-18(16)25(10-13)20(27)11-26-21(28)24-17-3-2-15(22)9-19(17)31(26,29)30/h2-7,9,13,18H,8,10-11H2,1H3,(H,24,28)/t13-,18-/m0/s1. The van der Waals surface area contributed by atoms with Gasteiger partial charge in [0.1, 0.15) is 17.3 Å². The first-order valence-electron chi connectivity index (χ1n) is 9.81. The number of hydrogen-bond acceptors (Lipinski definition) is 5. The van der Waals surface area contributed by atoms with Gasteiger partial charge in [0, 0.05) is 18.4 Å². The number of fused-ring (bicyclic) bond motifs is 3. The maximum absolute atomic E-state index is 13.6. The quantitative estimate of drug-likeness (QED) is 0.787. The molecular weight excluding hydrogens is 423 g/mol. The summed E-state index contributed by atoms with van der Waals surface area (Å²) in [4.78, 5) is 31.0. The molecule has 2 aromatic rings. The van der Waals surface area contributed by atoms with Crippen LogP contribution in [0.2, 0.25) is 0 Å². The van der Waals surface area contributed by atoms with E-state index in [0.717, 1.165) is 35.4 Å². The van der Waals surface area contributed by atoms with Crippen molar-refractivity contribution in [3.05, 3.63) is 59.7 Å². The Bertz CT molecular complexity index is 1260. The molecule has 0 unspecified atom stereocenters. The first-order chi connectivity index (χ1) is 14.7. The van der Waals surface area contributed by atoms with Crippen LogP contribution in [-0.2, 0) is 14.8 Å². The monoisotopic (exact) mass is 442 g/mol. The van der Waals surface area contributed by atoms with E-state index in [1.165, 1.54) is 6.07 Å². The van der Waals surface area contributed by atoms with Crippen molar-refractivity contribution in [1.29, 1.82) is 0 Å². The van der Waals surface area contributed by atoms with Crippen LogP contribution in [0.1, 0.15) is 17.7 Å². The Labute approximate surface area is 178 Å². The Morgan fingerprint density at radius 1 is 1.29 bits per heavy atom. The van der Waals surface area contributed by atoms with E-state index < -0.39 is 34.3 Å². The fourth-order valence-electron chi connectivity index (χ4n) is 4.53. The molecule has 1 N–H and O–H groups in total. The lowest BCUT2D eigenvalue weighted by atomic mass is 10.0. The van der Waals surface area contributed by atoms with Crippen LogP contribution in [0.5, 0.6) is 0 Å². The molecule has 2 bridgehead atoms. The van der Waals surface area contributed by atoms with Gasteiger partial charge in [0.2, 0.25) is 5.91 Å². The van der Waals surface area contributed by atoms with E-state index in [1.54, 1.807) is 11.1 Å². The van der Waals surface area contributed by atoms with Crippen LogP contribution in [0.15, 0.2) is 47.5 Å². The molecule has 0 spiro atoms. The first-order valence-corrected chi connectivity index (χ1v) is 11.3. The van der Waals surface area contributed by atoms with Gasteiger partial charge in [-0.15, -0.1) is 0 Å². The van der Waals surface area contributed by atoms with Crippen molar-refractivity contribution in [2.75, 3.05) is 18.4 Å². The molecule has 1 saturated heterocycles. The number of pyridine rings is 1. The number of urea groups is 1. The minimum Gasteiger partial charge on any atom is -0.333 e. The lowest BCUT2D eigenvalue weighted by Gasteiger charge is -2.33. The van der Waals surface area contributed by atoms with E-state index in [0.29, 0.717) is 10.8 Å². The third kappa shape index (κ3) is 3.18. The summed E-state index contributed by atoms with van der Waals surface area (Å²) in [5, 5.41) is 2.42. The largest absolute Gasteiger partial charge is 0.336 e. The number of aryl methyl sites for hydroxylation is 1. The van der Waals surface area contributed by atoms with Crippen molar-refractivity contribution in [2.24, 2.45) is 5.92 Å². The molecule has 3 heterocycles. The molecule has 1 fully saturated rings. The molecule has 2 aliphatic heterocycles. The zero-order valence-electron chi connectivity index (χ0n) is 16.6. The molecule has 0 radical (unpaired) electrons. The van der Waals surface area contributed by atoms with Gasteiger partial charge < -0.3 is 10.2 Å². The average molecular weight is 442 g/mol. The van der Waals surface area contributed by atoms with Crippen molar-refractivity contribution in [2.45, 2.75) is 24.3 Å². The predicted octanol–water partition coefficient (Wildman–Crippen LogP) is 2.38. The Kier molecular flexibility index (Phi) is 4.37. The number of likely N-dealkylation sites (tertiary alicyclic amines) is 1. The number of nitrogens with zero attached hydrogens (tertiary/aromatic N) is 3. The minimum absolute atomic E-state index is 0.00592. The van der Waals surface area contributed by atoms with Gasteiger partial charge in [-0.2, -0.15) is 0 Å². The highest BCUT2D eigenvalue weighted by Crippen LogP contribution is 2.42. The highest BCUT2D eigenvalue weighted by Gasteiger charge is 2.44. The molecule has 3 amide bonds. The van der Waals surface area contributed by atoms with Gasteiger partial charge in [-0.1, -0.05) is 6.08 Å². The molecular formula is C21H19FN4O4S. The molecule has 1 aromatic carbocycles. The fourth-order valence-corrected chi connectivity index (χ4v) is 5.97. The van der Waals surface area contributed by atoms with Crippen LogP contribution in [0.4, 0.5) is 14.9 Å². The molecule has 1 aliphatic carbocycles. The number of benzene rings is 1. The Balaban J connectivity index is 1.40. The Hall–Kier alpha value is -3.27. The summed E-state index contributed by atoms with van der Waals surface area (Å²) in [6.45, 7) is 1.72. The second-order valence-corrected chi connectivity index (χ2v) is 9.78. The number of anilines is 1. The molecule has 3 aliphatic rings. The van der Waals surface area contributed by atoms with Gasteiger partial charge in [0.15, 0.2) is 0 Å². The van der Waals surface area contributed by atoms with E-state index in [-0.39, 0.29) is 22.5 Å². The summed E-state index contributed by atoms with van der Waals surface area (Å²) in [6, 6.07) is 5.81. The second kappa shape index (κ2) is 6.88. The molecule has 8 nitrogen and oxygen atoms in total. The summed E-state index contributed by atoms with van der Waals surface area (Å²) < 4.78 is 39.9. The number of nitrogens with one attached hydrogen (secondary N) is 1. The number of sulfonamides is 1. The van der Waals surface area contributed by atoms with Crippen molar-refractivity contribution in [3.63, 3.8) is 0 Å². The van der Waals surface area contributed by atoms with Gasteiger partial charge >= 0.3 is 6.03 Å². The van der Waals surface area contributed by atoms with Crippen molar-refractivity contribution < 1.29 is 22.4 Å². The molecule has 5 rings (SSSR count). The topological polar surface area (TPSA) is 99.7 Å². The summed E-state index contributed by atoms with van der Waals surface area (Å²) in [6.07, 6.45) is 4.62. The summed E-state index contributed by atoms with van der Waals surface area (Å²) in [5.41, 5.74) is 2.84. The predicted molar refractivity (Wildman–Crippen MR) is 110 cm³/mol. The molecule has 0 saturated carbocycles. The van der Waals surface area contributed by atoms with Gasteiger partial charge in [-0.3, -0.25) is 9.78 Å². The number of hydrogen-bond donors (Lipinski definition) is 1. The van der Waals surface area contributed by atoms with E-state index in [4.69, 9.17) is 0 Å². The minimum atomic E-state index is -4.35. The smallest absolute Gasteiger partial charge is 0.333 e. The van der Waals surface area contributed by atoms with Gasteiger partial charge in [0.25, 0.3) is 10.0 Å². The van der Waals surface area contributed by atoms with Gasteiger partial charge in [-0.25, -0.2) is 21.9 Å². The van der Waals surface area contributed by atoms with Crippen molar-refractivity contribution >= 4 is 33.2 Å². The number of carbonyl (C=O) groups excluding carboxylic acids is 2. The summed E-state index contributed by atoms with van der Waals surface area (Å²) in [7, 11) is -4.35. The molecule has 31 heavy (non-hydrogen) atoms. The van der Waals surface area contributed by atoms with Crippen molar-refractivity contribution in [3.8, 4) is 0 Å². The zero-order chi connectivity index (χ0) is 21.9. The van der Waals surface area contributed by atoms with Gasteiger partial charge in [-0.05, 0) is 60.7 Å². The van der Waals surface area contributed by atoms with Crippen molar-refractivity contribution in [1.82, 2.24) is 14.2 Å². The third-order valence-corrected chi connectivity index (χ3v) is 7.69. The first kappa shape index (κ1) is 19.7. The Morgan fingerprint density at radius 2 is 2.10 bits per heavy atom.